The Hall–Kier alpha value is -2.70. The minimum Gasteiger partial charge on any atom is -0.478 e. The summed E-state index contributed by atoms with van der Waals surface area (Å²) in [5.41, 5.74) is 0.176. The number of ether oxygens (including phenoxy) is 1. The lowest BCUT2D eigenvalue weighted by Gasteiger charge is -1.80. The fourth-order valence-corrected chi connectivity index (χ4v) is 0.303. The molecule has 2 N–H and O–H groups in total. The lowest BCUT2D eigenvalue weighted by Crippen LogP contribution is -1.96. The van der Waals surface area contributed by atoms with Crippen LogP contribution in [0.4, 0.5) is 0 Å². The Morgan fingerprint density at radius 1 is 1.22 bits per heavy atom. The number of esters is 2. The topological polar surface area (TPSA) is 118 Å². The smallest absolute Gasteiger partial charge is 0.338 e. The molecule has 98 valence electrons. The second-order valence-corrected chi connectivity index (χ2v) is 2.70. The molecule has 1 aliphatic rings. The molecule has 1 rings (SSSR count). The number of hydrogen-bond donors (Lipinski definition) is 2. The van der Waals surface area contributed by atoms with Crippen LogP contribution in [-0.2, 0) is 23.9 Å². The zero-order chi connectivity index (χ0) is 14.7. The molecular formula is C11H12O7. The van der Waals surface area contributed by atoms with Crippen molar-refractivity contribution in [1.29, 1.82) is 0 Å². The number of aliphatic carboxylic acids is 2. The van der Waals surface area contributed by atoms with Crippen molar-refractivity contribution in [3.05, 3.63) is 37.0 Å². The van der Waals surface area contributed by atoms with Crippen molar-refractivity contribution in [2.45, 2.75) is 6.92 Å². The highest BCUT2D eigenvalue weighted by Crippen LogP contribution is 1.92. The zero-order valence-corrected chi connectivity index (χ0v) is 9.58. The molecule has 18 heavy (non-hydrogen) atoms. The highest BCUT2D eigenvalue weighted by Gasteiger charge is 2.10. The van der Waals surface area contributed by atoms with Crippen molar-refractivity contribution in [1.82, 2.24) is 0 Å². The van der Waals surface area contributed by atoms with E-state index >= 15 is 0 Å². The summed E-state index contributed by atoms with van der Waals surface area (Å²) < 4.78 is 3.97. The number of carboxylic acids is 2. The van der Waals surface area contributed by atoms with Gasteiger partial charge < -0.3 is 14.9 Å². The maximum absolute atomic E-state index is 9.92. The highest BCUT2D eigenvalue weighted by molar-refractivity contribution is 6.04. The first-order chi connectivity index (χ1) is 8.20. The highest BCUT2D eigenvalue weighted by atomic mass is 16.6. The Kier molecular flexibility index (Phi) is 9.36. The molecule has 0 unspecified atom stereocenters. The van der Waals surface area contributed by atoms with E-state index in [9.17, 15) is 19.2 Å². The fourth-order valence-electron chi connectivity index (χ4n) is 0.303. The SMILES string of the molecule is C=C(C)C(=O)O.C=CC(=O)O.O=C1C=CC(=O)O1. The Balaban J connectivity index is 0. The number of carboxylic acid groups (broad SMARTS) is 2. The van der Waals surface area contributed by atoms with Crippen LogP contribution in [0.25, 0.3) is 0 Å². The summed E-state index contributed by atoms with van der Waals surface area (Å²) in [6.07, 6.45) is 3.00. The first kappa shape index (κ1) is 17.7. The van der Waals surface area contributed by atoms with Gasteiger partial charge in [-0.05, 0) is 6.92 Å². The summed E-state index contributed by atoms with van der Waals surface area (Å²) in [6.45, 7) is 7.56. The molecular weight excluding hydrogens is 244 g/mol. The van der Waals surface area contributed by atoms with Crippen molar-refractivity contribution in [2.75, 3.05) is 0 Å². The molecule has 0 bridgehead atoms. The monoisotopic (exact) mass is 256 g/mol. The van der Waals surface area contributed by atoms with E-state index < -0.39 is 23.9 Å². The van der Waals surface area contributed by atoms with Gasteiger partial charge in [0.2, 0.25) is 0 Å². The van der Waals surface area contributed by atoms with Gasteiger partial charge in [-0.1, -0.05) is 13.2 Å². The van der Waals surface area contributed by atoms with Crippen LogP contribution >= 0.6 is 0 Å². The van der Waals surface area contributed by atoms with Gasteiger partial charge in [0.1, 0.15) is 0 Å². The van der Waals surface area contributed by atoms with Gasteiger partial charge in [-0.15, -0.1) is 0 Å². The molecule has 1 heterocycles. The summed E-state index contributed by atoms with van der Waals surface area (Å²) in [6, 6.07) is 0. The van der Waals surface area contributed by atoms with Crippen LogP contribution in [0.1, 0.15) is 6.92 Å². The summed E-state index contributed by atoms with van der Waals surface area (Å²) in [7, 11) is 0. The number of carbonyl (C=O) groups is 4. The maximum Gasteiger partial charge on any atom is 0.338 e. The van der Waals surface area contributed by atoms with Crippen molar-refractivity contribution in [2.24, 2.45) is 0 Å². The molecule has 7 heteroatoms. The zero-order valence-electron chi connectivity index (χ0n) is 9.58. The molecule has 0 spiro atoms. The number of cyclic esters (lactones) is 2. The molecule has 0 amide bonds. The van der Waals surface area contributed by atoms with Gasteiger partial charge in [0.05, 0.1) is 0 Å². The van der Waals surface area contributed by atoms with E-state index in [4.69, 9.17) is 10.2 Å². The molecule has 0 aliphatic carbocycles. The average Bonchev–Trinajstić information content (AvgIpc) is 2.64. The normalized spacial score (nSPS) is 11.2. The van der Waals surface area contributed by atoms with Crippen molar-refractivity contribution < 1.29 is 34.1 Å². The standard InChI is InChI=1S/C4H2O3.C4H6O2.C3H4O2/c5-3-1-2-4(6)7-3;1-3(2)4(5)6;1-2-3(4)5/h1-2H;1H2,2H3,(H,5,6);2H,1H2,(H,4,5). The van der Waals surface area contributed by atoms with Crippen LogP contribution in [0.3, 0.4) is 0 Å². The van der Waals surface area contributed by atoms with Gasteiger partial charge >= 0.3 is 23.9 Å². The van der Waals surface area contributed by atoms with Gasteiger partial charge in [-0.2, -0.15) is 0 Å². The molecule has 0 fully saturated rings. The average molecular weight is 256 g/mol. The van der Waals surface area contributed by atoms with E-state index in [1.807, 2.05) is 0 Å². The first-order valence-electron chi connectivity index (χ1n) is 4.38. The summed E-state index contributed by atoms with van der Waals surface area (Å²) in [5, 5.41) is 15.5. The number of rotatable bonds is 2. The largest absolute Gasteiger partial charge is 0.478 e. The molecule has 0 aromatic carbocycles. The van der Waals surface area contributed by atoms with Crippen LogP contribution < -0.4 is 0 Å². The fraction of sp³-hybridized carbons (Fsp3) is 0.0909. The second-order valence-electron chi connectivity index (χ2n) is 2.70. The van der Waals surface area contributed by atoms with Crippen LogP contribution in [0.15, 0.2) is 37.0 Å². The molecule has 0 radical (unpaired) electrons. The Morgan fingerprint density at radius 2 is 1.50 bits per heavy atom. The van der Waals surface area contributed by atoms with Gasteiger partial charge in [0, 0.05) is 23.8 Å². The second kappa shape index (κ2) is 9.52. The van der Waals surface area contributed by atoms with E-state index in [1.54, 1.807) is 0 Å². The number of carbonyl (C=O) groups excluding carboxylic acids is 2. The summed E-state index contributed by atoms with van der Waals surface area (Å²) >= 11 is 0. The van der Waals surface area contributed by atoms with Gasteiger partial charge in [0.25, 0.3) is 0 Å². The van der Waals surface area contributed by atoms with Crippen LogP contribution in [0, 0.1) is 0 Å². The molecule has 7 nitrogen and oxygen atoms in total. The molecule has 1 aliphatic heterocycles. The van der Waals surface area contributed by atoms with Crippen molar-refractivity contribution in [3.8, 4) is 0 Å². The lowest BCUT2D eigenvalue weighted by molar-refractivity contribution is -0.150. The first-order valence-corrected chi connectivity index (χ1v) is 4.38. The third-order valence-electron chi connectivity index (χ3n) is 1.10. The van der Waals surface area contributed by atoms with E-state index in [0.717, 1.165) is 18.2 Å². The summed E-state index contributed by atoms with van der Waals surface area (Å²) in [5.74, 6) is -3.07. The van der Waals surface area contributed by atoms with Gasteiger partial charge in [-0.3, -0.25) is 0 Å². The van der Waals surface area contributed by atoms with E-state index in [1.165, 1.54) is 6.92 Å². The minimum atomic E-state index is -0.981. The molecule has 0 aromatic heterocycles. The predicted molar refractivity (Wildman–Crippen MR) is 60.5 cm³/mol. The van der Waals surface area contributed by atoms with Crippen LogP contribution in [-0.4, -0.2) is 34.1 Å². The lowest BCUT2D eigenvalue weighted by atomic mass is 10.4. The van der Waals surface area contributed by atoms with E-state index in [-0.39, 0.29) is 5.57 Å². The van der Waals surface area contributed by atoms with Gasteiger partial charge in [0.15, 0.2) is 0 Å². The van der Waals surface area contributed by atoms with E-state index in [2.05, 4.69) is 17.9 Å². The van der Waals surface area contributed by atoms with Crippen molar-refractivity contribution >= 4 is 23.9 Å². The van der Waals surface area contributed by atoms with E-state index in [0.29, 0.717) is 0 Å². The molecule has 0 atom stereocenters. The Labute approximate surface area is 103 Å². The summed E-state index contributed by atoms with van der Waals surface area (Å²) in [4.78, 5) is 38.7. The minimum absolute atomic E-state index is 0.176. The van der Waals surface area contributed by atoms with Crippen LogP contribution in [0.2, 0.25) is 0 Å². The maximum atomic E-state index is 9.92. The molecule has 0 saturated heterocycles. The quantitative estimate of drug-likeness (QED) is 0.420. The number of hydrogen-bond acceptors (Lipinski definition) is 5. The third-order valence-corrected chi connectivity index (χ3v) is 1.10. The predicted octanol–water partition coefficient (Wildman–Crippen LogP) is 0.530. The third kappa shape index (κ3) is 13.3. The molecule has 0 aromatic rings. The van der Waals surface area contributed by atoms with Crippen molar-refractivity contribution in [3.63, 3.8) is 0 Å². The molecule has 0 saturated carbocycles. The Bertz CT molecular complexity index is 376. The Morgan fingerprint density at radius 3 is 1.56 bits per heavy atom. The van der Waals surface area contributed by atoms with Gasteiger partial charge in [-0.25, -0.2) is 19.2 Å². The van der Waals surface area contributed by atoms with Crippen LogP contribution in [0.5, 0.6) is 0 Å².